The average Bonchev–Trinajstić information content (AvgIpc) is 2.90. The molecule has 8 heteroatoms. The van der Waals surface area contributed by atoms with Crippen LogP contribution in [0.15, 0.2) is 17.5 Å². The molecule has 0 aromatic carbocycles. The van der Waals surface area contributed by atoms with Crippen LogP contribution in [0.3, 0.4) is 0 Å². The molecule has 116 valence electrons. The molecule has 0 saturated carbocycles. The normalized spacial score (nSPS) is 13.2. The van der Waals surface area contributed by atoms with E-state index in [0.29, 0.717) is 0 Å². The number of hydrogen-bond acceptors (Lipinski definition) is 5. The zero-order valence-corrected chi connectivity index (χ0v) is 12.4. The minimum atomic E-state index is -1.20. The molecule has 2 amide bonds. The smallest absolute Gasteiger partial charge is 0.326 e. The number of aliphatic hydroxyl groups is 1. The predicted octanol–water partition coefficient (Wildman–Crippen LogP) is 0.267. The van der Waals surface area contributed by atoms with Crippen molar-refractivity contribution in [3.8, 4) is 0 Å². The summed E-state index contributed by atoms with van der Waals surface area (Å²) in [6.45, 7) is 1.02. The van der Waals surface area contributed by atoms with Crippen LogP contribution in [0.25, 0.3) is 0 Å². The first-order valence-electron chi connectivity index (χ1n) is 6.37. The molecular formula is C13H18N2O5S. The molecule has 0 radical (unpaired) electrons. The molecule has 1 heterocycles. The topological polar surface area (TPSA) is 116 Å². The van der Waals surface area contributed by atoms with Crippen molar-refractivity contribution >= 4 is 29.1 Å². The Morgan fingerprint density at radius 2 is 2.05 bits per heavy atom. The molecule has 1 aromatic heterocycles. The Balaban J connectivity index is 2.67. The Bertz CT molecular complexity index is 489. The molecule has 1 aromatic rings. The number of carbonyl (C=O) groups excluding carboxylic acids is 2. The highest BCUT2D eigenvalue weighted by molar-refractivity contribution is 7.10. The van der Waals surface area contributed by atoms with Gasteiger partial charge in [0.25, 0.3) is 0 Å². The first kappa shape index (κ1) is 17.1. The third kappa shape index (κ3) is 5.92. The first-order valence-corrected chi connectivity index (χ1v) is 7.25. The second kappa shape index (κ2) is 8.38. The zero-order chi connectivity index (χ0) is 15.8. The van der Waals surface area contributed by atoms with Crippen LogP contribution >= 0.6 is 11.3 Å². The van der Waals surface area contributed by atoms with Gasteiger partial charge in [0.2, 0.25) is 11.8 Å². The molecule has 0 aliphatic carbocycles. The van der Waals surface area contributed by atoms with Crippen molar-refractivity contribution in [2.45, 2.75) is 31.8 Å². The third-order valence-electron chi connectivity index (χ3n) is 2.70. The highest BCUT2D eigenvalue weighted by Gasteiger charge is 2.23. The van der Waals surface area contributed by atoms with E-state index in [-0.39, 0.29) is 25.4 Å². The van der Waals surface area contributed by atoms with E-state index in [1.54, 1.807) is 12.1 Å². The van der Waals surface area contributed by atoms with E-state index in [2.05, 4.69) is 10.6 Å². The largest absolute Gasteiger partial charge is 0.480 e. The minimum absolute atomic E-state index is 0.0602. The lowest BCUT2D eigenvalue weighted by molar-refractivity contribution is -0.142. The maximum atomic E-state index is 11.9. The quantitative estimate of drug-likeness (QED) is 0.549. The van der Waals surface area contributed by atoms with E-state index in [1.165, 1.54) is 18.3 Å². The van der Waals surface area contributed by atoms with Crippen LogP contribution < -0.4 is 10.6 Å². The Kier molecular flexibility index (Phi) is 6.83. The van der Waals surface area contributed by atoms with Crippen molar-refractivity contribution in [3.05, 3.63) is 22.4 Å². The summed E-state index contributed by atoms with van der Waals surface area (Å²) in [5, 5.41) is 24.5. The zero-order valence-electron chi connectivity index (χ0n) is 11.5. The average molecular weight is 314 g/mol. The summed E-state index contributed by atoms with van der Waals surface area (Å²) >= 11 is 1.40. The van der Waals surface area contributed by atoms with Gasteiger partial charge in [-0.3, -0.25) is 9.59 Å². The molecule has 0 spiro atoms. The van der Waals surface area contributed by atoms with Crippen molar-refractivity contribution in [2.75, 3.05) is 6.61 Å². The molecule has 0 aliphatic rings. The molecular weight excluding hydrogens is 296 g/mol. The lowest BCUT2D eigenvalue weighted by Crippen LogP contribution is -2.42. The highest BCUT2D eigenvalue weighted by atomic mass is 32.1. The summed E-state index contributed by atoms with van der Waals surface area (Å²) in [4.78, 5) is 34.9. The van der Waals surface area contributed by atoms with Crippen molar-refractivity contribution in [2.24, 2.45) is 0 Å². The van der Waals surface area contributed by atoms with Gasteiger partial charge in [0, 0.05) is 24.8 Å². The van der Waals surface area contributed by atoms with E-state index >= 15 is 0 Å². The molecule has 7 nitrogen and oxygen atoms in total. The van der Waals surface area contributed by atoms with Gasteiger partial charge in [-0.2, -0.15) is 0 Å². The molecule has 0 aliphatic heterocycles. The number of amides is 2. The maximum Gasteiger partial charge on any atom is 0.326 e. The van der Waals surface area contributed by atoms with Gasteiger partial charge < -0.3 is 20.8 Å². The minimum Gasteiger partial charge on any atom is -0.480 e. The van der Waals surface area contributed by atoms with Crippen LogP contribution in [0.1, 0.15) is 30.7 Å². The van der Waals surface area contributed by atoms with Crippen molar-refractivity contribution < 1.29 is 24.6 Å². The van der Waals surface area contributed by atoms with Gasteiger partial charge in [-0.1, -0.05) is 6.07 Å². The Morgan fingerprint density at radius 1 is 1.33 bits per heavy atom. The Hall–Kier alpha value is -1.93. The van der Waals surface area contributed by atoms with Crippen molar-refractivity contribution in [1.82, 2.24) is 10.6 Å². The summed E-state index contributed by atoms with van der Waals surface area (Å²) in [7, 11) is 0. The van der Waals surface area contributed by atoms with Crippen LogP contribution in [0.2, 0.25) is 0 Å². The van der Waals surface area contributed by atoms with Gasteiger partial charge >= 0.3 is 5.97 Å². The number of nitrogens with one attached hydrogen (secondary N) is 2. The molecule has 2 atom stereocenters. The number of rotatable bonds is 8. The second-order valence-electron chi connectivity index (χ2n) is 4.44. The lowest BCUT2D eigenvalue weighted by Gasteiger charge is -2.18. The summed E-state index contributed by atoms with van der Waals surface area (Å²) in [5.74, 6) is -1.97. The number of aliphatic carboxylic acids is 1. The highest BCUT2D eigenvalue weighted by Crippen LogP contribution is 2.22. The molecule has 0 fully saturated rings. The SMILES string of the molecule is CC(=O)NC(CC(=O)N[C@H](CCO)C(=O)O)c1cccs1. The maximum absolute atomic E-state index is 11.9. The number of carbonyl (C=O) groups is 3. The van der Waals surface area contributed by atoms with Gasteiger partial charge in [0.1, 0.15) is 6.04 Å². The van der Waals surface area contributed by atoms with Gasteiger partial charge in [-0.25, -0.2) is 4.79 Å². The number of thiophene rings is 1. The van der Waals surface area contributed by atoms with Gasteiger partial charge in [0.05, 0.1) is 12.5 Å². The van der Waals surface area contributed by atoms with Crippen LogP contribution in [0, 0.1) is 0 Å². The van der Waals surface area contributed by atoms with E-state index < -0.39 is 24.0 Å². The van der Waals surface area contributed by atoms with Crippen LogP contribution in [-0.4, -0.2) is 40.6 Å². The van der Waals surface area contributed by atoms with Gasteiger partial charge in [0.15, 0.2) is 0 Å². The summed E-state index contributed by atoms with van der Waals surface area (Å²) in [5.41, 5.74) is 0. The monoisotopic (exact) mass is 314 g/mol. The fourth-order valence-corrected chi connectivity index (χ4v) is 2.56. The summed E-state index contributed by atoms with van der Waals surface area (Å²) in [6.07, 6.45) is -0.125. The van der Waals surface area contributed by atoms with Gasteiger partial charge in [-0.05, 0) is 11.4 Å². The fourth-order valence-electron chi connectivity index (χ4n) is 1.78. The van der Waals surface area contributed by atoms with E-state index in [9.17, 15) is 14.4 Å². The molecule has 21 heavy (non-hydrogen) atoms. The Morgan fingerprint density at radius 3 is 2.52 bits per heavy atom. The number of carboxylic acids is 1. The number of carboxylic acid groups (broad SMARTS) is 1. The first-order chi connectivity index (χ1) is 9.93. The summed E-state index contributed by atoms with van der Waals surface area (Å²) in [6, 6.07) is 1.97. The molecule has 1 rings (SSSR count). The van der Waals surface area contributed by atoms with E-state index in [1.807, 2.05) is 5.38 Å². The van der Waals surface area contributed by atoms with E-state index in [0.717, 1.165) is 4.88 Å². The molecule has 0 bridgehead atoms. The number of hydrogen-bond donors (Lipinski definition) is 4. The number of aliphatic hydroxyl groups excluding tert-OH is 1. The molecule has 1 unspecified atom stereocenters. The van der Waals surface area contributed by atoms with Crippen LogP contribution in [0.5, 0.6) is 0 Å². The predicted molar refractivity (Wildman–Crippen MR) is 76.8 cm³/mol. The third-order valence-corrected chi connectivity index (χ3v) is 3.69. The van der Waals surface area contributed by atoms with Crippen LogP contribution in [0.4, 0.5) is 0 Å². The Labute approximate surface area is 126 Å². The second-order valence-corrected chi connectivity index (χ2v) is 5.42. The van der Waals surface area contributed by atoms with Crippen molar-refractivity contribution in [1.29, 1.82) is 0 Å². The molecule has 4 N–H and O–H groups in total. The van der Waals surface area contributed by atoms with E-state index in [4.69, 9.17) is 10.2 Å². The fraction of sp³-hybridized carbons (Fsp3) is 0.462. The molecule has 0 saturated heterocycles. The van der Waals surface area contributed by atoms with Crippen molar-refractivity contribution in [3.63, 3.8) is 0 Å². The standard InChI is InChI=1S/C13H18N2O5S/c1-8(17)14-10(11-3-2-6-21-11)7-12(18)15-9(4-5-16)13(19)20/h2-3,6,9-10,16H,4-5,7H2,1H3,(H,14,17)(H,15,18)(H,19,20)/t9-,10?/m1/s1. The van der Waals surface area contributed by atoms with Crippen LogP contribution in [-0.2, 0) is 14.4 Å². The summed E-state index contributed by atoms with van der Waals surface area (Å²) < 4.78 is 0. The van der Waals surface area contributed by atoms with Gasteiger partial charge in [-0.15, -0.1) is 11.3 Å². The lowest BCUT2D eigenvalue weighted by atomic mass is 10.1.